The van der Waals surface area contributed by atoms with Gasteiger partial charge in [-0.1, -0.05) is 6.07 Å². The zero-order chi connectivity index (χ0) is 20.2. The van der Waals surface area contributed by atoms with Gasteiger partial charge in [0.15, 0.2) is 11.5 Å². The smallest absolute Gasteiger partial charge is 0.251 e. The van der Waals surface area contributed by atoms with E-state index in [4.69, 9.17) is 9.72 Å². The van der Waals surface area contributed by atoms with Crippen molar-refractivity contribution in [1.82, 2.24) is 19.9 Å². The van der Waals surface area contributed by atoms with Crippen LogP contribution in [0.5, 0.6) is 11.5 Å². The monoisotopic (exact) mass is 392 g/mol. The highest BCUT2D eigenvalue weighted by Crippen LogP contribution is 2.30. The first kappa shape index (κ1) is 19.1. The van der Waals surface area contributed by atoms with Crippen LogP contribution in [-0.4, -0.2) is 45.2 Å². The second-order valence-electron chi connectivity index (χ2n) is 7.34. The molecule has 29 heavy (non-hydrogen) atoms. The third-order valence-corrected chi connectivity index (χ3v) is 5.29. The number of phenolic OH excluding ortho intramolecular Hbond substituents is 1. The van der Waals surface area contributed by atoms with E-state index in [0.717, 1.165) is 49.3 Å². The highest BCUT2D eigenvalue weighted by molar-refractivity contribution is 5.53. The van der Waals surface area contributed by atoms with Crippen LogP contribution in [0.3, 0.4) is 0 Å². The second-order valence-corrected chi connectivity index (χ2v) is 7.34. The number of ether oxygens (including phenoxy) is 1. The number of hydrogen-bond acceptors (Lipinski definition) is 6. The number of likely N-dealkylation sites (tertiary alicyclic amines) is 1. The number of aromatic amines is 1. The Hall–Kier alpha value is -3.19. The molecule has 0 amide bonds. The predicted molar refractivity (Wildman–Crippen MR) is 110 cm³/mol. The van der Waals surface area contributed by atoms with E-state index >= 15 is 0 Å². The van der Waals surface area contributed by atoms with E-state index in [0.29, 0.717) is 11.6 Å². The average molecular weight is 392 g/mol. The molecule has 1 aromatic carbocycles. The summed E-state index contributed by atoms with van der Waals surface area (Å²) in [5, 5.41) is 9.79. The lowest BCUT2D eigenvalue weighted by atomic mass is 9.94. The first-order valence-corrected chi connectivity index (χ1v) is 9.72. The summed E-state index contributed by atoms with van der Waals surface area (Å²) in [6, 6.07) is 10.7. The lowest BCUT2D eigenvalue weighted by molar-refractivity contribution is 0.198. The average Bonchev–Trinajstić information content (AvgIpc) is 2.75. The number of phenols is 1. The number of rotatable bonds is 5. The molecule has 3 heterocycles. The maximum atomic E-state index is 12.2. The summed E-state index contributed by atoms with van der Waals surface area (Å²) in [7, 11) is 1.55. The van der Waals surface area contributed by atoms with E-state index in [-0.39, 0.29) is 17.2 Å². The van der Waals surface area contributed by atoms with Crippen LogP contribution >= 0.6 is 0 Å². The number of nitrogens with zero attached hydrogens (tertiary/aromatic N) is 3. The SMILES string of the molecule is COc1cc(CN2CCCC(c3cc(=O)[nH]c(-c4ccncc4)n3)C2)ccc1O. The fourth-order valence-electron chi connectivity index (χ4n) is 3.85. The maximum absolute atomic E-state index is 12.2. The Labute approximate surface area is 169 Å². The van der Waals surface area contributed by atoms with Gasteiger partial charge in [-0.15, -0.1) is 0 Å². The molecule has 1 aliphatic rings. The fraction of sp³-hybridized carbons (Fsp3) is 0.318. The lowest BCUT2D eigenvalue weighted by Gasteiger charge is -2.32. The summed E-state index contributed by atoms with van der Waals surface area (Å²) in [6.45, 7) is 2.57. The maximum Gasteiger partial charge on any atom is 0.251 e. The van der Waals surface area contributed by atoms with Crippen molar-refractivity contribution in [3.05, 3.63) is 70.4 Å². The minimum Gasteiger partial charge on any atom is -0.504 e. The van der Waals surface area contributed by atoms with Crippen molar-refractivity contribution >= 4 is 0 Å². The van der Waals surface area contributed by atoms with Gasteiger partial charge < -0.3 is 14.8 Å². The molecule has 0 bridgehead atoms. The predicted octanol–water partition coefficient (Wildman–Crippen LogP) is 2.93. The Bertz CT molecular complexity index is 1040. The molecule has 2 N–H and O–H groups in total. The van der Waals surface area contributed by atoms with Crippen molar-refractivity contribution < 1.29 is 9.84 Å². The molecule has 1 atom stereocenters. The third-order valence-electron chi connectivity index (χ3n) is 5.29. The molecule has 3 aromatic rings. The minimum atomic E-state index is -0.137. The highest BCUT2D eigenvalue weighted by Gasteiger charge is 2.23. The molecule has 1 saturated heterocycles. The quantitative estimate of drug-likeness (QED) is 0.694. The van der Waals surface area contributed by atoms with E-state index in [1.54, 1.807) is 31.6 Å². The Morgan fingerprint density at radius 1 is 1.24 bits per heavy atom. The normalized spacial score (nSPS) is 17.2. The molecule has 7 nitrogen and oxygen atoms in total. The number of hydrogen-bond donors (Lipinski definition) is 2. The summed E-state index contributed by atoms with van der Waals surface area (Å²) in [6.07, 6.45) is 5.42. The van der Waals surface area contributed by atoms with Crippen molar-refractivity contribution in [3.8, 4) is 22.9 Å². The molecule has 0 saturated carbocycles. The molecule has 0 aliphatic carbocycles. The number of methoxy groups -OCH3 is 1. The molecule has 1 unspecified atom stereocenters. The van der Waals surface area contributed by atoms with Crippen LogP contribution < -0.4 is 10.3 Å². The van der Waals surface area contributed by atoms with Gasteiger partial charge in [-0.3, -0.25) is 14.7 Å². The summed E-state index contributed by atoms with van der Waals surface area (Å²) < 4.78 is 5.21. The van der Waals surface area contributed by atoms with Gasteiger partial charge in [0.2, 0.25) is 0 Å². The van der Waals surface area contributed by atoms with E-state index in [2.05, 4.69) is 14.9 Å². The fourth-order valence-corrected chi connectivity index (χ4v) is 3.85. The summed E-state index contributed by atoms with van der Waals surface area (Å²) >= 11 is 0. The zero-order valence-corrected chi connectivity index (χ0v) is 16.3. The molecule has 0 spiro atoms. The molecule has 0 radical (unpaired) electrons. The molecular weight excluding hydrogens is 368 g/mol. The molecule has 1 fully saturated rings. The van der Waals surface area contributed by atoms with Gasteiger partial charge in [0.1, 0.15) is 5.82 Å². The first-order valence-electron chi connectivity index (χ1n) is 9.72. The number of aromatic hydroxyl groups is 1. The Kier molecular flexibility index (Phi) is 5.57. The van der Waals surface area contributed by atoms with E-state index < -0.39 is 0 Å². The van der Waals surface area contributed by atoms with Crippen LogP contribution in [0, 0.1) is 0 Å². The standard InChI is InChI=1S/C22H24N4O3/c1-29-20-11-15(4-5-19(20)27)13-26-10-2-3-17(14-26)18-12-21(28)25-22(24-18)16-6-8-23-9-7-16/h4-9,11-12,17,27H,2-3,10,13-14H2,1H3,(H,24,25,28). The van der Waals surface area contributed by atoms with Gasteiger partial charge >= 0.3 is 0 Å². The molecule has 150 valence electrons. The highest BCUT2D eigenvalue weighted by atomic mass is 16.5. The number of pyridine rings is 1. The topological polar surface area (TPSA) is 91.3 Å². The summed E-state index contributed by atoms with van der Waals surface area (Å²) in [5.74, 6) is 1.40. The van der Waals surface area contributed by atoms with Crippen molar-refractivity contribution in [2.45, 2.75) is 25.3 Å². The van der Waals surface area contributed by atoms with Gasteiger partial charge in [-0.2, -0.15) is 0 Å². The Morgan fingerprint density at radius 2 is 2.07 bits per heavy atom. The summed E-state index contributed by atoms with van der Waals surface area (Å²) in [4.78, 5) is 26.2. The molecule has 4 rings (SSSR count). The summed E-state index contributed by atoms with van der Waals surface area (Å²) in [5.41, 5.74) is 2.62. The van der Waals surface area contributed by atoms with Crippen LogP contribution in [0.25, 0.3) is 11.4 Å². The first-order chi connectivity index (χ1) is 14.1. The Morgan fingerprint density at radius 3 is 2.86 bits per heavy atom. The van der Waals surface area contributed by atoms with Gasteiger partial charge in [0, 0.05) is 43.0 Å². The molecule has 1 aliphatic heterocycles. The lowest BCUT2D eigenvalue weighted by Crippen LogP contribution is -2.34. The van der Waals surface area contributed by atoms with Crippen molar-refractivity contribution in [1.29, 1.82) is 0 Å². The van der Waals surface area contributed by atoms with Crippen LogP contribution in [0.15, 0.2) is 53.6 Å². The molecule has 7 heteroatoms. The van der Waals surface area contributed by atoms with Crippen LogP contribution in [0.4, 0.5) is 0 Å². The third kappa shape index (κ3) is 4.46. The van der Waals surface area contributed by atoms with Gasteiger partial charge in [-0.25, -0.2) is 4.98 Å². The number of aromatic nitrogens is 3. The number of H-pyrrole nitrogens is 1. The van der Waals surface area contributed by atoms with Gasteiger partial charge in [0.05, 0.1) is 12.8 Å². The number of nitrogens with one attached hydrogen (secondary N) is 1. The second kappa shape index (κ2) is 8.45. The minimum absolute atomic E-state index is 0.137. The number of piperidine rings is 1. The van der Waals surface area contributed by atoms with Crippen LogP contribution in [0.2, 0.25) is 0 Å². The zero-order valence-electron chi connectivity index (χ0n) is 16.3. The van der Waals surface area contributed by atoms with E-state index in [1.807, 2.05) is 24.3 Å². The van der Waals surface area contributed by atoms with Crippen molar-refractivity contribution in [3.63, 3.8) is 0 Å². The Balaban J connectivity index is 1.53. The van der Waals surface area contributed by atoms with Gasteiger partial charge in [0.25, 0.3) is 5.56 Å². The molecule has 2 aromatic heterocycles. The van der Waals surface area contributed by atoms with E-state index in [9.17, 15) is 9.90 Å². The molecular formula is C22H24N4O3. The van der Waals surface area contributed by atoms with Gasteiger partial charge in [-0.05, 0) is 49.2 Å². The van der Waals surface area contributed by atoms with Crippen LogP contribution in [-0.2, 0) is 6.54 Å². The number of benzene rings is 1. The van der Waals surface area contributed by atoms with Crippen molar-refractivity contribution in [2.75, 3.05) is 20.2 Å². The van der Waals surface area contributed by atoms with Crippen molar-refractivity contribution in [2.24, 2.45) is 0 Å². The van der Waals surface area contributed by atoms with Crippen LogP contribution in [0.1, 0.15) is 30.0 Å². The largest absolute Gasteiger partial charge is 0.504 e. The van der Waals surface area contributed by atoms with E-state index in [1.165, 1.54) is 0 Å².